The number of esters is 1. The van der Waals surface area contributed by atoms with Gasteiger partial charge in [0.15, 0.2) is 0 Å². The van der Waals surface area contributed by atoms with E-state index in [4.69, 9.17) is 13.8 Å². The second-order valence-electron chi connectivity index (χ2n) is 28.6. The Labute approximate surface area is 555 Å². The van der Waals surface area contributed by atoms with Crippen molar-refractivity contribution in [1.82, 2.24) is 5.32 Å². The van der Waals surface area contributed by atoms with Crippen LogP contribution in [0.1, 0.15) is 419 Å². The molecule has 3 unspecified atom stereocenters. The molecule has 0 heterocycles. The summed E-state index contributed by atoms with van der Waals surface area (Å²) in [6.07, 6.45) is 86.2. The van der Waals surface area contributed by atoms with Crippen LogP contribution in [-0.2, 0) is 27.9 Å². The third kappa shape index (κ3) is 70.6. The second-order valence-corrected chi connectivity index (χ2v) is 30.0. The number of phosphoric acid groups is 1. The zero-order valence-corrected chi connectivity index (χ0v) is 61.6. The van der Waals surface area contributed by atoms with Gasteiger partial charge in [-0.2, -0.15) is 0 Å². The molecule has 0 aliphatic heterocycles. The van der Waals surface area contributed by atoms with E-state index in [1.807, 2.05) is 33.3 Å². The maximum atomic E-state index is 13.6. The van der Waals surface area contributed by atoms with Crippen molar-refractivity contribution in [2.24, 2.45) is 0 Å². The van der Waals surface area contributed by atoms with Gasteiger partial charge in [-0.1, -0.05) is 373 Å². The number of quaternary nitrogens is 1. The Bertz CT molecular complexity index is 1570. The molecule has 1 amide bonds. The highest BCUT2D eigenvalue weighted by atomic mass is 31.2. The lowest BCUT2D eigenvalue weighted by molar-refractivity contribution is -0.870. The summed E-state index contributed by atoms with van der Waals surface area (Å²) in [5.41, 5.74) is 0. The molecular weight excluding hydrogens is 1120 g/mol. The first-order valence-electron chi connectivity index (χ1n) is 39.6. The van der Waals surface area contributed by atoms with Crippen LogP contribution in [0.3, 0.4) is 0 Å². The highest BCUT2D eigenvalue weighted by Crippen LogP contribution is 2.38. The topological polar surface area (TPSA) is 114 Å². The van der Waals surface area contributed by atoms with Crippen LogP contribution in [0.2, 0.25) is 0 Å². The smallest absolute Gasteiger partial charge is 0.306 e. The highest BCUT2D eigenvalue weighted by molar-refractivity contribution is 7.45. The number of carbonyl (C=O) groups is 2. The summed E-state index contributed by atoms with van der Waals surface area (Å²) in [6.45, 7) is 6.92. The zero-order chi connectivity index (χ0) is 64.9. The van der Waals surface area contributed by atoms with Crippen LogP contribution in [-0.4, -0.2) is 69.4 Å². The molecule has 0 aromatic heterocycles. The average molecular weight is 1280 g/mol. The van der Waals surface area contributed by atoms with Crippen molar-refractivity contribution in [3.63, 3.8) is 0 Å². The molecule has 0 bridgehead atoms. The lowest BCUT2D eigenvalue weighted by Crippen LogP contribution is -2.47. The van der Waals surface area contributed by atoms with Gasteiger partial charge in [-0.15, -0.1) is 0 Å². The van der Waals surface area contributed by atoms with Crippen molar-refractivity contribution in [3.8, 4) is 0 Å². The van der Waals surface area contributed by atoms with Crippen molar-refractivity contribution in [1.29, 1.82) is 0 Å². The number of nitrogens with zero attached hydrogens (tertiary/aromatic N) is 1. The van der Waals surface area contributed by atoms with Gasteiger partial charge in [0.05, 0.1) is 33.8 Å². The molecule has 1 N–H and O–H groups in total. The number of nitrogens with one attached hydrogen (secondary N) is 1. The van der Waals surface area contributed by atoms with Crippen molar-refractivity contribution >= 4 is 19.7 Å². The molecule has 3 atom stereocenters. The minimum Gasteiger partial charge on any atom is -0.756 e. The van der Waals surface area contributed by atoms with Crippen LogP contribution in [0, 0.1) is 0 Å². The molecule has 0 rings (SSSR count). The molecule has 9 nitrogen and oxygen atoms in total. The average Bonchev–Trinajstić information content (AvgIpc) is 3.71. The summed E-state index contributed by atoms with van der Waals surface area (Å²) in [7, 11) is 1.21. The maximum absolute atomic E-state index is 13.6. The first-order valence-corrected chi connectivity index (χ1v) is 41.1. The summed E-state index contributed by atoms with van der Waals surface area (Å²) in [4.78, 5) is 40.3. The van der Waals surface area contributed by atoms with Gasteiger partial charge < -0.3 is 28.5 Å². The van der Waals surface area contributed by atoms with Gasteiger partial charge in [-0.05, 0) is 57.4 Å². The number of rotatable bonds is 74. The predicted octanol–water partition coefficient (Wildman–Crippen LogP) is 24.9. The highest BCUT2D eigenvalue weighted by Gasteiger charge is 2.27. The lowest BCUT2D eigenvalue weighted by Gasteiger charge is -2.30. The van der Waals surface area contributed by atoms with Gasteiger partial charge in [0.2, 0.25) is 5.91 Å². The van der Waals surface area contributed by atoms with Crippen molar-refractivity contribution in [3.05, 3.63) is 24.3 Å². The van der Waals surface area contributed by atoms with Crippen molar-refractivity contribution in [2.45, 2.75) is 431 Å². The van der Waals surface area contributed by atoms with E-state index >= 15 is 0 Å². The van der Waals surface area contributed by atoms with E-state index in [-0.39, 0.29) is 31.5 Å². The summed E-state index contributed by atoms with van der Waals surface area (Å²) < 4.78 is 30.5. The summed E-state index contributed by atoms with van der Waals surface area (Å²) in [6, 6.07) is -0.883. The third-order valence-electron chi connectivity index (χ3n) is 18.4. The number of hydrogen-bond donors (Lipinski definition) is 1. The normalized spacial score (nSPS) is 13.5. The Morgan fingerprint density at radius 3 is 0.955 bits per heavy atom. The first-order chi connectivity index (χ1) is 43.4. The zero-order valence-electron chi connectivity index (χ0n) is 60.7. The number of likely N-dealkylation sites (N-methyl/N-ethyl adjacent to an activating group) is 1. The molecule has 0 aliphatic carbocycles. The number of hydrogen-bond acceptors (Lipinski definition) is 7. The SMILES string of the molecule is CCCCCCCC/C=C/CCCCCCCCCCCCCCCCCCCC(=O)OC(/C=C/CCCCCCCCCCC)C(COP(=O)([O-])OCC[N+](C)(C)C)NC(=O)CCCCCCCCCCCCCCCCCCCCCCCCCCC. The van der Waals surface area contributed by atoms with Gasteiger partial charge in [-0.3, -0.25) is 14.2 Å². The Balaban J connectivity index is 4.84. The minimum atomic E-state index is -4.70. The molecule has 0 aromatic carbocycles. The Kier molecular flexibility index (Phi) is 68.1. The molecule has 89 heavy (non-hydrogen) atoms. The fraction of sp³-hybridized carbons (Fsp3) is 0.924. The molecule has 0 spiro atoms. The second kappa shape index (κ2) is 69.3. The van der Waals surface area contributed by atoms with E-state index in [0.717, 1.165) is 57.8 Å². The van der Waals surface area contributed by atoms with Crippen LogP contribution in [0.4, 0.5) is 0 Å². The molecular formula is C79H155N2O7P. The molecule has 10 heteroatoms. The summed E-state index contributed by atoms with van der Waals surface area (Å²) >= 11 is 0. The quantitative estimate of drug-likeness (QED) is 0.0212. The van der Waals surface area contributed by atoms with Gasteiger partial charge >= 0.3 is 5.97 Å². The van der Waals surface area contributed by atoms with Crippen LogP contribution >= 0.6 is 7.82 Å². The van der Waals surface area contributed by atoms with Gasteiger partial charge in [0.25, 0.3) is 7.82 Å². The third-order valence-corrected chi connectivity index (χ3v) is 19.3. The van der Waals surface area contributed by atoms with E-state index in [1.54, 1.807) is 0 Å². The fourth-order valence-corrected chi connectivity index (χ4v) is 13.0. The molecule has 0 aromatic rings. The van der Waals surface area contributed by atoms with E-state index in [9.17, 15) is 19.0 Å². The van der Waals surface area contributed by atoms with E-state index in [1.165, 1.54) is 327 Å². The van der Waals surface area contributed by atoms with Crippen LogP contribution in [0.15, 0.2) is 24.3 Å². The Hall–Kier alpha value is -1.51. The molecule has 0 saturated heterocycles. The first kappa shape index (κ1) is 87.5. The van der Waals surface area contributed by atoms with Crippen molar-refractivity contribution < 1.29 is 37.3 Å². The number of amides is 1. The van der Waals surface area contributed by atoms with Crippen molar-refractivity contribution in [2.75, 3.05) is 40.9 Å². The number of carbonyl (C=O) groups excluding carboxylic acids is 2. The number of unbranched alkanes of at least 4 members (excludes halogenated alkanes) is 56. The largest absolute Gasteiger partial charge is 0.756 e. The summed E-state index contributed by atoms with van der Waals surface area (Å²) in [5.74, 6) is -0.513. The monoisotopic (exact) mass is 1280 g/mol. The van der Waals surface area contributed by atoms with Gasteiger partial charge in [0, 0.05) is 12.8 Å². The van der Waals surface area contributed by atoms with Crippen LogP contribution in [0.25, 0.3) is 0 Å². The minimum absolute atomic E-state index is 0.0174. The standard InChI is InChI=1S/C79H155N2O7P/c1-7-10-13-16-19-22-25-27-29-31-33-35-37-39-40-42-44-46-48-50-52-54-57-60-63-66-69-72-79(83)88-77(70-67-64-61-58-55-24-21-18-15-12-9-3)76(75-87-89(84,85)86-74-73-81(4,5)6)80-78(82)71-68-65-62-59-56-53-51-49-47-45-43-41-38-36-34-32-30-28-26-23-20-17-14-11-8-2/h27,29,67,70,76-77H,7-26,28,30-66,68-69,71-75H2,1-6H3,(H-,80,82,84,85)/b29-27+,70-67+. The lowest BCUT2D eigenvalue weighted by atomic mass is 10.0. The van der Waals surface area contributed by atoms with Gasteiger partial charge in [-0.25, -0.2) is 0 Å². The Morgan fingerprint density at radius 2 is 0.652 bits per heavy atom. The van der Waals surface area contributed by atoms with E-state index in [2.05, 4.69) is 38.2 Å². The molecule has 0 aliphatic rings. The molecule has 0 radical (unpaired) electrons. The van der Waals surface area contributed by atoms with E-state index < -0.39 is 20.0 Å². The fourth-order valence-electron chi connectivity index (χ4n) is 12.3. The molecule has 0 fully saturated rings. The molecule has 0 saturated carbocycles. The predicted molar refractivity (Wildman–Crippen MR) is 386 cm³/mol. The summed E-state index contributed by atoms with van der Waals surface area (Å²) in [5, 5.41) is 3.06. The number of phosphoric ester groups is 1. The molecule has 528 valence electrons. The van der Waals surface area contributed by atoms with E-state index in [0.29, 0.717) is 17.4 Å². The maximum Gasteiger partial charge on any atom is 0.306 e. The number of allylic oxidation sites excluding steroid dienone is 3. The van der Waals surface area contributed by atoms with Crippen LogP contribution in [0.5, 0.6) is 0 Å². The Morgan fingerprint density at radius 1 is 0.382 bits per heavy atom. The van der Waals surface area contributed by atoms with Crippen LogP contribution < -0.4 is 10.2 Å². The number of ether oxygens (including phenoxy) is 1. The van der Waals surface area contributed by atoms with Gasteiger partial charge in [0.1, 0.15) is 19.3 Å².